The van der Waals surface area contributed by atoms with E-state index in [-0.39, 0.29) is 31.2 Å². The van der Waals surface area contributed by atoms with Gasteiger partial charge in [0, 0.05) is 63.6 Å². The van der Waals surface area contributed by atoms with E-state index < -0.39 is 11.6 Å². The van der Waals surface area contributed by atoms with Crippen molar-refractivity contribution < 1.29 is 18.4 Å². The molecule has 1 aromatic heterocycles. The van der Waals surface area contributed by atoms with Crippen LogP contribution in [-0.4, -0.2) is 58.8 Å². The zero-order chi connectivity index (χ0) is 24.7. The Morgan fingerprint density at radius 3 is 2.38 bits per heavy atom. The van der Waals surface area contributed by atoms with Gasteiger partial charge in [0.25, 0.3) is 0 Å². The zero-order valence-electron chi connectivity index (χ0n) is 20.3. The van der Waals surface area contributed by atoms with Gasteiger partial charge in [-0.25, -0.2) is 8.78 Å². The predicted octanol–water partition coefficient (Wildman–Crippen LogP) is 4.18. The van der Waals surface area contributed by atoms with Crippen LogP contribution in [0, 0.1) is 11.6 Å². The van der Waals surface area contributed by atoms with Crippen LogP contribution in [0.15, 0.2) is 36.7 Å². The Morgan fingerprint density at radius 1 is 1.03 bits per heavy atom. The number of hydrogen-bond donors (Lipinski definition) is 0. The average Bonchev–Trinajstić information content (AvgIpc) is 2.81. The number of rotatable bonds is 4. The van der Waals surface area contributed by atoms with Crippen molar-refractivity contribution in [3.63, 3.8) is 0 Å². The Morgan fingerprint density at radius 2 is 1.74 bits per heavy atom. The van der Waals surface area contributed by atoms with E-state index in [1.807, 2.05) is 6.07 Å². The van der Waals surface area contributed by atoms with Crippen LogP contribution in [0.3, 0.4) is 0 Å². The molecule has 0 spiro atoms. The van der Waals surface area contributed by atoms with Gasteiger partial charge in [0.1, 0.15) is 0 Å². The molecule has 0 fully saturated rings. The Hall–Kier alpha value is -2.87. The summed E-state index contributed by atoms with van der Waals surface area (Å²) in [4.78, 5) is 35.7. The number of aromatic nitrogens is 1. The fourth-order valence-corrected chi connectivity index (χ4v) is 4.34. The molecule has 8 heteroatoms. The molecule has 0 bridgehead atoms. The summed E-state index contributed by atoms with van der Waals surface area (Å²) in [5, 5.41) is 0. The molecule has 0 unspecified atom stereocenters. The maximum Gasteiger partial charge on any atom is 0.227 e. The van der Waals surface area contributed by atoms with Crippen molar-refractivity contribution in [2.75, 3.05) is 31.1 Å². The van der Waals surface area contributed by atoms with Crippen LogP contribution in [0.5, 0.6) is 0 Å². The minimum atomic E-state index is -1.00. The van der Waals surface area contributed by atoms with Gasteiger partial charge in [0.2, 0.25) is 11.8 Å². The smallest absolute Gasteiger partial charge is 0.227 e. The highest BCUT2D eigenvalue weighted by Gasteiger charge is 2.25. The van der Waals surface area contributed by atoms with E-state index in [9.17, 15) is 18.4 Å². The largest absolute Gasteiger partial charge is 0.338 e. The standard InChI is InChI=1S/C26H34F2N4O2/c1-4-25(33)32-13-7-11-30(19(2)3)10-6-12-31(26(34)14-20-8-5-9-29-17-20)18-21-15-22(27)23(28)16-24(21)32/h5,8-9,15-17,19H,4,6-7,10-14,18H2,1-3H3. The summed E-state index contributed by atoms with van der Waals surface area (Å²) in [6, 6.07) is 6.15. The predicted molar refractivity (Wildman–Crippen MR) is 128 cm³/mol. The number of benzene rings is 1. The van der Waals surface area contributed by atoms with Gasteiger partial charge in [-0.05, 0) is 49.9 Å². The lowest BCUT2D eigenvalue weighted by atomic mass is 10.1. The Labute approximate surface area is 200 Å². The highest BCUT2D eigenvalue weighted by atomic mass is 19.2. The summed E-state index contributed by atoms with van der Waals surface area (Å²) < 4.78 is 28.6. The number of fused-ring (bicyclic) bond motifs is 1. The van der Waals surface area contributed by atoms with Crippen LogP contribution in [0.2, 0.25) is 0 Å². The van der Waals surface area contributed by atoms with E-state index in [4.69, 9.17) is 0 Å². The molecule has 1 aromatic carbocycles. The van der Waals surface area contributed by atoms with Gasteiger partial charge in [-0.2, -0.15) is 0 Å². The molecular weight excluding hydrogens is 438 g/mol. The van der Waals surface area contributed by atoms with Crippen molar-refractivity contribution in [3.05, 3.63) is 59.4 Å². The summed E-state index contributed by atoms with van der Waals surface area (Å²) in [6.07, 6.45) is 5.19. The third-order valence-electron chi connectivity index (χ3n) is 6.24. The number of carbonyl (C=O) groups is 2. The molecule has 0 atom stereocenters. The van der Waals surface area contributed by atoms with E-state index >= 15 is 0 Å². The van der Waals surface area contributed by atoms with Crippen LogP contribution >= 0.6 is 0 Å². The van der Waals surface area contributed by atoms with E-state index in [0.717, 1.165) is 37.2 Å². The summed E-state index contributed by atoms with van der Waals surface area (Å²) in [7, 11) is 0. The minimum Gasteiger partial charge on any atom is -0.338 e. The van der Waals surface area contributed by atoms with Crippen LogP contribution in [0.25, 0.3) is 0 Å². The third kappa shape index (κ3) is 6.59. The highest BCUT2D eigenvalue weighted by Crippen LogP contribution is 2.27. The molecule has 1 aliphatic rings. The first-order valence-electron chi connectivity index (χ1n) is 12.0. The van der Waals surface area contributed by atoms with Crippen molar-refractivity contribution >= 4 is 17.5 Å². The van der Waals surface area contributed by atoms with E-state index in [1.165, 1.54) is 0 Å². The van der Waals surface area contributed by atoms with Crippen molar-refractivity contribution in [1.29, 1.82) is 0 Å². The fraction of sp³-hybridized carbons (Fsp3) is 0.500. The minimum absolute atomic E-state index is 0.0980. The number of hydrogen-bond acceptors (Lipinski definition) is 4. The summed E-state index contributed by atoms with van der Waals surface area (Å²) >= 11 is 0. The molecule has 34 heavy (non-hydrogen) atoms. The lowest BCUT2D eigenvalue weighted by Crippen LogP contribution is -2.41. The molecule has 184 valence electrons. The van der Waals surface area contributed by atoms with E-state index in [1.54, 1.807) is 35.2 Å². The van der Waals surface area contributed by atoms with Crippen molar-refractivity contribution in [3.8, 4) is 0 Å². The SMILES string of the molecule is CCC(=O)N1CCCN(C(C)C)CCCN(C(=O)Cc2cccnc2)Cc2cc(F)c(F)cc21. The van der Waals surface area contributed by atoms with Gasteiger partial charge in [0.05, 0.1) is 12.1 Å². The normalized spacial score (nSPS) is 16.1. The molecule has 3 rings (SSSR count). The zero-order valence-corrected chi connectivity index (χ0v) is 20.3. The highest BCUT2D eigenvalue weighted by molar-refractivity contribution is 5.94. The van der Waals surface area contributed by atoms with Gasteiger partial charge >= 0.3 is 0 Å². The second-order valence-corrected chi connectivity index (χ2v) is 8.98. The monoisotopic (exact) mass is 472 g/mol. The number of carbonyl (C=O) groups excluding carboxylic acids is 2. The molecule has 0 saturated heterocycles. The Kier molecular flexibility index (Phi) is 9.10. The maximum absolute atomic E-state index is 14.3. The van der Waals surface area contributed by atoms with Crippen molar-refractivity contribution in [2.45, 2.75) is 59.0 Å². The molecular formula is C26H34F2N4O2. The quantitative estimate of drug-likeness (QED) is 0.670. The lowest BCUT2D eigenvalue weighted by Gasteiger charge is -2.33. The molecule has 6 nitrogen and oxygen atoms in total. The number of amides is 2. The van der Waals surface area contributed by atoms with Gasteiger partial charge in [0.15, 0.2) is 11.6 Å². The van der Waals surface area contributed by atoms with Crippen LogP contribution in [0.1, 0.15) is 51.2 Å². The maximum atomic E-state index is 14.3. The van der Waals surface area contributed by atoms with Crippen LogP contribution < -0.4 is 4.90 Å². The first-order chi connectivity index (χ1) is 16.3. The van der Waals surface area contributed by atoms with E-state index in [2.05, 4.69) is 23.7 Å². The topological polar surface area (TPSA) is 56.8 Å². The summed E-state index contributed by atoms with van der Waals surface area (Å²) in [6.45, 7) is 8.55. The van der Waals surface area contributed by atoms with Crippen LogP contribution in [-0.2, 0) is 22.6 Å². The molecule has 2 aromatic rings. The molecule has 0 saturated carbocycles. The molecule has 0 aliphatic carbocycles. The first-order valence-corrected chi connectivity index (χ1v) is 12.0. The second-order valence-electron chi connectivity index (χ2n) is 8.98. The summed E-state index contributed by atoms with van der Waals surface area (Å²) in [5.74, 6) is -2.27. The number of nitrogens with zero attached hydrogens (tertiary/aromatic N) is 4. The Balaban J connectivity index is 1.99. The molecule has 2 amide bonds. The number of anilines is 1. The molecule has 0 N–H and O–H groups in total. The van der Waals surface area contributed by atoms with Gasteiger partial charge < -0.3 is 14.7 Å². The van der Waals surface area contributed by atoms with Crippen molar-refractivity contribution in [2.24, 2.45) is 0 Å². The van der Waals surface area contributed by atoms with Gasteiger partial charge in [-0.1, -0.05) is 13.0 Å². The summed E-state index contributed by atoms with van der Waals surface area (Å²) in [5.41, 5.74) is 1.55. The van der Waals surface area contributed by atoms with Gasteiger partial charge in [-0.3, -0.25) is 14.6 Å². The molecule has 1 aliphatic heterocycles. The van der Waals surface area contributed by atoms with E-state index in [0.29, 0.717) is 36.8 Å². The number of halogens is 2. The average molecular weight is 473 g/mol. The third-order valence-corrected chi connectivity index (χ3v) is 6.24. The molecule has 2 heterocycles. The second kappa shape index (κ2) is 12.0. The molecule has 0 radical (unpaired) electrons. The van der Waals surface area contributed by atoms with Gasteiger partial charge in [-0.15, -0.1) is 0 Å². The van der Waals surface area contributed by atoms with Crippen molar-refractivity contribution in [1.82, 2.24) is 14.8 Å². The number of pyridine rings is 1. The Bertz CT molecular complexity index is 984. The first kappa shape index (κ1) is 25.7. The van der Waals surface area contributed by atoms with Crippen LogP contribution in [0.4, 0.5) is 14.5 Å². The lowest BCUT2D eigenvalue weighted by molar-refractivity contribution is -0.131. The fourth-order valence-electron chi connectivity index (χ4n) is 4.34.